The van der Waals surface area contributed by atoms with Crippen LogP contribution in [0.1, 0.15) is 42.3 Å². The van der Waals surface area contributed by atoms with Crippen LogP contribution in [-0.2, 0) is 30.5 Å². The molecule has 0 saturated carbocycles. The molecule has 2 aliphatic heterocycles. The fourth-order valence-corrected chi connectivity index (χ4v) is 4.62. The van der Waals surface area contributed by atoms with Crippen LogP contribution in [-0.4, -0.2) is 43.3 Å². The second-order valence-corrected chi connectivity index (χ2v) is 8.36. The van der Waals surface area contributed by atoms with Crippen LogP contribution in [0.15, 0.2) is 22.6 Å². The largest absolute Gasteiger partial charge is 0.470 e. The maximum Gasteiger partial charge on any atom is 0.470 e. The molecule has 182 valence electrons. The van der Waals surface area contributed by atoms with E-state index < -0.39 is 35.8 Å². The van der Waals surface area contributed by atoms with Gasteiger partial charge in [-0.25, -0.2) is 13.8 Å². The predicted molar refractivity (Wildman–Crippen MR) is 107 cm³/mol. The Bertz CT molecular complexity index is 1210. The van der Waals surface area contributed by atoms with Crippen LogP contribution in [0.2, 0.25) is 0 Å². The molecular formula is C21H21F5N6O2. The number of halogens is 5. The van der Waals surface area contributed by atoms with Gasteiger partial charge >= 0.3 is 12.1 Å². The third-order valence-electron chi connectivity index (χ3n) is 6.22. The molecular weight excluding hydrogens is 463 g/mol. The van der Waals surface area contributed by atoms with Crippen molar-refractivity contribution in [3.63, 3.8) is 0 Å². The topological polar surface area (TPSA) is 95.2 Å². The quantitative estimate of drug-likeness (QED) is 0.567. The summed E-state index contributed by atoms with van der Waals surface area (Å²) in [6, 6.07) is 2.55. The second kappa shape index (κ2) is 8.40. The van der Waals surface area contributed by atoms with E-state index in [1.165, 1.54) is 0 Å². The van der Waals surface area contributed by atoms with E-state index in [0.717, 1.165) is 23.9 Å². The number of alkyl halides is 3. The maximum atomic E-state index is 14.2. The van der Waals surface area contributed by atoms with E-state index in [1.807, 2.05) is 6.92 Å². The summed E-state index contributed by atoms with van der Waals surface area (Å²) in [6.45, 7) is 3.44. The number of hydrogen-bond acceptors (Lipinski definition) is 7. The zero-order valence-electron chi connectivity index (χ0n) is 18.0. The summed E-state index contributed by atoms with van der Waals surface area (Å²) in [5.74, 6) is -2.66. The highest BCUT2D eigenvalue weighted by Crippen LogP contribution is 2.36. The first-order valence-corrected chi connectivity index (χ1v) is 10.7. The number of rotatable bonds is 4. The van der Waals surface area contributed by atoms with Crippen molar-refractivity contribution < 1.29 is 31.1 Å². The molecule has 34 heavy (non-hydrogen) atoms. The third kappa shape index (κ3) is 3.97. The van der Waals surface area contributed by atoms with Crippen LogP contribution in [0.5, 0.6) is 0 Å². The molecule has 0 unspecified atom stereocenters. The van der Waals surface area contributed by atoms with Gasteiger partial charge in [-0.15, -0.1) is 10.2 Å². The fourth-order valence-electron chi connectivity index (χ4n) is 4.62. The molecule has 2 aliphatic rings. The summed E-state index contributed by atoms with van der Waals surface area (Å²) in [4.78, 5) is 6.57. The molecule has 1 aromatic carbocycles. The highest BCUT2D eigenvalue weighted by atomic mass is 19.4. The van der Waals surface area contributed by atoms with E-state index in [0.29, 0.717) is 31.7 Å². The van der Waals surface area contributed by atoms with Crippen LogP contribution in [0.25, 0.3) is 11.7 Å². The SMILES string of the molecule is CCn1c(-c2nnc(C(F)(F)F)o2)nc2c1CN([C@H]1CO[C@H](c3cc(F)ccc3F)[C@@H](N)C1)C2. The smallest absolute Gasteiger partial charge is 0.410 e. The molecule has 2 N–H and O–H groups in total. The Morgan fingerprint density at radius 1 is 1.18 bits per heavy atom. The average Bonchev–Trinajstić information content (AvgIpc) is 3.49. The first kappa shape index (κ1) is 22.9. The molecule has 0 bridgehead atoms. The van der Waals surface area contributed by atoms with E-state index in [9.17, 15) is 22.0 Å². The van der Waals surface area contributed by atoms with Crippen molar-refractivity contribution in [2.75, 3.05) is 6.61 Å². The summed E-state index contributed by atoms with van der Waals surface area (Å²) in [6.07, 6.45) is -5.00. The number of nitrogens with two attached hydrogens (primary N) is 1. The van der Waals surface area contributed by atoms with E-state index >= 15 is 0 Å². The molecule has 1 fully saturated rings. The van der Waals surface area contributed by atoms with Crippen LogP contribution in [0.3, 0.4) is 0 Å². The Labute approximate surface area is 190 Å². The molecule has 4 heterocycles. The lowest BCUT2D eigenvalue weighted by Gasteiger charge is -2.38. The molecule has 1 saturated heterocycles. The van der Waals surface area contributed by atoms with Gasteiger partial charge in [0.05, 0.1) is 18.0 Å². The van der Waals surface area contributed by atoms with Gasteiger partial charge in [0.1, 0.15) is 17.7 Å². The Balaban J connectivity index is 1.31. The molecule has 0 radical (unpaired) electrons. The summed E-state index contributed by atoms with van der Waals surface area (Å²) in [5, 5.41) is 6.59. The standard InChI is InChI=1S/C21H21F5N6O2/c1-2-32-16-8-31(7-15(16)28-18(32)19-29-30-20(34-19)21(24,25)26)11-6-14(27)17(33-9-11)12-5-10(22)3-4-13(12)23/h3-5,11,14,17H,2,6-9,27H2,1H3/t11-,14+,17-/m1/s1. The van der Waals surface area contributed by atoms with E-state index in [4.69, 9.17) is 14.9 Å². The summed E-state index contributed by atoms with van der Waals surface area (Å²) in [5.41, 5.74) is 7.90. The molecule has 0 amide bonds. The number of fused-ring (bicyclic) bond motifs is 1. The van der Waals surface area contributed by atoms with Gasteiger partial charge in [0.2, 0.25) is 0 Å². The van der Waals surface area contributed by atoms with Gasteiger partial charge in [0.15, 0.2) is 5.82 Å². The molecule has 8 nitrogen and oxygen atoms in total. The lowest BCUT2D eigenvalue weighted by Crippen LogP contribution is -2.47. The number of hydrogen-bond donors (Lipinski definition) is 1. The third-order valence-corrected chi connectivity index (χ3v) is 6.22. The van der Waals surface area contributed by atoms with Gasteiger partial charge in [0, 0.05) is 37.3 Å². The molecule has 13 heteroatoms. The van der Waals surface area contributed by atoms with E-state index in [1.54, 1.807) is 4.57 Å². The van der Waals surface area contributed by atoms with Gasteiger partial charge in [-0.3, -0.25) is 4.90 Å². The van der Waals surface area contributed by atoms with Crippen LogP contribution in [0.4, 0.5) is 22.0 Å². The number of imidazole rings is 1. The minimum atomic E-state index is -4.74. The van der Waals surface area contributed by atoms with Crippen molar-refractivity contribution in [3.05, 3.63) is 52.7 Å². The minimum absolute atomic E-state index is 0.0916. The van der Waals surface area contributed by atoms with E-state index in [-0.39, 0.29) is 29.9 Å². The van der Waals surface area contributed by atoms with Crippen LogP contribution < -0.4 is 5.73 Å². The zero-order valence-corrected chi connectivity index (χ0v) is 18.0. The monoisotopic (exact) mass is 484 g/mol. The Kier molecular flexibility index (Phi) is 5.65. The van der Waals surface area contributed by atoms with Gasteiger partial charge < -0.3 is 19.5 Å². The molecule has 3 aromatic rings. The predicted octanol–water partition coefficient (Wildman–Crippen LogP) is 3.42. The number of benzene rings is 1. The highest BCUT2D eigenvalue weighted by Gasteiger charge is 2.40. The fraction of sp³-hybridized carbons (Fsp3) is 0.476. The Morgan fingerprint density at radius 3 is 2.65 bits per heavy atom. The lowest BCUT2D eigenvalue weighted by molar-refractivity contribution is -0.157. The van der Waals surface area contributed by atoms with Crippen molar-refractivity contribution in [1.82, 2.24) is 24.6 Å². The van der Waals surface area contributed by atoms with Crippen molar-refractivity contribution >= 4 is 0 Å². The summed E-state index contributed by atoms with van der Waals surface area (Å²) in [7, 11) is 0. The lowest BCUT2D eigenvalue weighted by atomic mass is 9.93. The van der Waals surface area contributed by atoms with Gasteiger partial charge in [-0.2, -0.15) is 13.2 Å². The van der Waals surface area contributed by atoms with Crippen LogP contribution in [0, 0.1) is 11.6 Å². The zero-order chi connectivity index (χ0) is 24.2. The molecule has 3 atom stereocenters. The molecule has 2 aromatic heterocycles. The molecule has 0 spiro atoms. The van der Waals surface area contributed by atoms with Gasteiger partial charge in [-0.05, 0) is 31.5 Å². The first-order valence-electron chi connectivity index (χ1n) is 10.7. The van der Waals surface area contributed by atoms with E-state index in [2.05, 4.69) is 20.1 Å². The van der Waals surface area contributed by atoms with Crippen molar-refractivity contribution in [2.24, 2.45) is 5.73 Å². The minimum Gasteiger partial charge on any atom is -0.410 e. The molecule has 5 rings (SSSR count). The second-order valence-electron chi connectivity index (χ2n) is 8.36. The van der Waals surface area contributed by atoms with Crippen LogP contribution >= 0.6 is 0 Å². The highest BCUT2D eigenvalue weighted by molar-refractivity contribution is 5.45. The Hall–Kier alpha value is -2.90. The normalized spacial score (nSPS) is 23.4. The van der Waals surface area contributed by atoms with Crippen molar-refractivity contribution in [2.45, 2.75) is 57.3 Å². The number of ether oxygens (including phenoxy) is 1. The molecule has 0 aliphatic carbocycles. The number of nitrogens with zero attached hydrogens (tertiary/aromatic N) is 5. The summed E-state index contributed by atoms with van der Waals surface area (Å²) >= 11 is 0. The first-order chi connectivity index (χ1) is 16.2. The van der Waals surface area contributed by atoms with Gasteiger partial charge in [0.25, 0.3) is 5.89 Å². The average molecular weight is 484 g/mol. The Morgan fingerprint density at radius 2 is 1.97 bits per heavy atom. The van der Waals surface area contributed by atoms with Crippen molar-refractivity contribution in [3.8, 4) is 11.7 Å². The maximum absolute atomic E-state index is 14.2. The van der Waals surface area contributed by atoms with Crippen molar-refractivity contribution in [1.29, 1.82) is 0 Å². The van der Waals surface area contributed by atoms with Gasteiger partial charge in [-0.1, -0.05) is 0 Å². The number of aromatic nitrogens is 4. The summed E-state index contributed by atoms with van der Waals surface area (Å²) < 4.78 is 78.7.